The first-order chi connectivity index (χ1) is 16.7. The van der Waals surface area contributed by atoms with Crippen molar-refractivity contribution in [1.29, 1.82) is 0 Å². The van der Waals surface area contributed by atoms with Gasteiger partial charge in [0.2, 0.25) is 11.8 Å². The lowest BCUT2D eigenvalue weighted by molar-refractivity contribution is -0.143. The number of hydroxylamine groups is 1. The van der Waals surface area contributed by atoms with Gasteiger partial charge in [-0.3, -0.25) is 19.6 Å². The second kappa shape index (κ2) is 13.9. The number of amides is 3. The number of hydrogen-bond acceptors (Lipinski definition) is 5. The molecule has 3 amide bonds. The quantitative estimate of drug-likeness (QED) is 0.168. The molecule has 5 N–H and O–H groups in total. The molecule has 0 unspecified atom stereocenters. The lowest BCUT2D eigenvalue weighted by Gasteiger charge is -2.22. The maximum Gasteiger partial charge on any atom is 0.335 e. The average Bonchev–Trinajstić information content (AvgIpc) is 2.85. The molecule has 0 heterocycles. The molecule has 0 fully saturated rings. The van der Waals surface area contributed by atoms with Crippen LogP contribution in [0.2, 0.25) is 0 Å². The van der Waals surface area contributed by atoms with Gasteiger partial charge in [0.15, 0.2) is 0 Å². The Balaban J connectivity index is 2.05. The predicted molar refractivity (Wildman–Crippen MR) is 130 cm³/mol. The number of benzene rings is 2. The first-order valence-corrected chi connectivity index (χ1v) is 11.6. The molecule has 35 heavy (non-hydrogen) atoms. The highest BCUT2D eigenvalue weighted by atomic mass is 16.5. The van der Waals surface area contributed by atoms with Crippen molar-refractivity contribution in [1.82, 2.24) is 16.1 Å². The number of carbonyl (C=O) groups excluding carboxylic acids is 3. The van der Waals surface area contributed by atoms with Crippen molar-refractivity contribution in [2.45, 2.75) is 45.6 Å². The molecule has 0 radical (unpaired) electrons. The maximum absolute atomic E-state index is 13.0. The zero-order valence-electron chi connectivity index (χ0n) is 20.0. The molecule has 0 aliphatic heterocycles. The Kier molecular flexibility index (Phi) is 10.9. The van der Waals surface area contributed by atoms with E-state index in [4.69, 9.17) is 10.3 Å². The van der Waals surface area contributed by atoms with Gasteiger partial charge >= 0.3 is 5.97 Å². The van der Waals surface area contributed by atoms with Gasteiger partial charge in [-0.05, 0) is 54.9 Å². The Morgan fingerprint density at radius 2 is 1.46 bits per heavy atom. The third-order valence-corrected chi connectivity index (χ3v) is 5.56. The normalized spacial score (nSPS) is 12.5. The number of aryl methyl sites for hydroxylation is 1. The maximum atomic E-state index is 13.0. The molecule has 0 spiro atoms. The monoisotopic (exact) mass is 483 g/mol. The molecular formula is C26H33N3O6. The van der Waals surface area contributed by atoms with Crippen LogP contribution in [0.25, 0.3) is 0 Å². The molecule has 2 atom stereocenters. The summed E-state index contributed by atoms with van der Waals surface area (Å²) in [6.07, 6.45) is 1.56. The minimum atomic E-state index is -1.13. The highest BCUT2D eigenvalue weighted by molar-refractivity contribution is 6.01. The zero-order valence-corrected chi connectivity index (χ0v) is 20.0. The SMILES string of the molecule is CC(C)C[C@H](C(=O)NO)C(=O)N[C@@H](CCc1ccccc1)C(=O)NCCc1ccc(C(=O)O)cc1. The molecule has 2 rings (SSSR count). The van der Waals surface area contributed by atoms with Gasteiger partial charge in [0.05, 0.1) is 5.56 Å². The molecule has 0 bridgehead atoms. The predicted octanol–water partition coefficient (Wildman–Crippen LogP) is 2.33. The van der Waals surface area contributed by atoms with Crippen molar-refractivity contribution in [2.75, 3.05) is 6.54 Å². The number of carboxylic acid groups (broad SMARTS) is 1. The molecule has 9 heteroatoms. The molecule has 0 saturated heterocycles. The fourth-order valence-electron chi connectivity index (χ4n) is 3.65. The number of aromatic carboxylic acids is 1. The standard InChI is InChI=1S/C26H33N3O6/c1-17(2)16-21(24(31)29-35)23(30)28-22(13-10-18-6-4-3-5-7-18)25(32)27-15-14-19-8-11-20(12-9-19)26(33)34/h3-9,11-12,17,21-22,35H,10,13-16H2,1-2H3,(H,27,32)(H,28,30)(H,29,31)(H,33,34)/t21-,22-/m0/s1. The number of rotatable bonds is 13. The minimum Gasteiger partial charge on any atom is -0.478 e. The van der Waals surface area contributed by atoms with Crippen LogP contribution in [0.15, 0.2) is 54.6 Å². The van der Waals surface area contributed by atoms with Crippen LogP contribution in [0.5, 0.6) is 0 Å². The van der Waals surface area contributed by atoms with Gasteiger partial charge < -0.3 is 15.7 Å². The second-order valence-electron chi connectivity index (χ2n) is 8.79. The van der Waals surface area contributed by atoms with Crippen LogP contribution in [0.4, 0.5) is 0 Å². The van der Waals surface area contributed by atoms with Crippen LogP contribution >= 0.6 is 0 Å². The van der Waals surface area contributed by atoms with Crippen LogP contribution in [0.1, 0.15) is 48.2 Å². The van der Waals surface area contributed by atoms with Crippen molar-refractivity contribution in [2.24, 2.45) is 11.8 Å². The van der Waals surface area contributed by atoms with Crippen molar-refractivity contribution in [3.63, 3.8) is 0 Å². The summed E-state index contributed by atoms with van der Waals surface area (Å²) in [5.74, 6) is -3.94. The number of carboxylic acids is 1. The van der Waals surface area contributed by atoms with Crippen molar-refractivity contribution in [3.8, 4) is 0 Å². The summed E-state index contributed by atoms with van der Waals surface area (Å²) in [4.78, 5) is 48.9. The summed E-state index contributed by atoms with van der Waals surface area (Å²) < 4.78 is 0. The average molecular weight is 484 g/mol. The molecule has 9 nitrogen and oxygen atoms in total. The van der Waals surface area contributed by atoms with Crippen LogP contribution in [0.3, 0.4) is 0 Å². The Morgan fingerprint density at radius 3 is 2.03 bits per heavy atom. The highest BCUT2D eigenvalue weighted by Gasteiger charge is 2.30. The Bertz CT molecular complexity index is 992. The summed E-state index contributed by atoms with van der Waals surface area (Å²) in [5.41, 5.74) is 3.59. The third kappa shape index (κ3) is 9.21. The first-order valence-electron chi connectivity index (χ1n) is 11.6. The summed E-state index contributed by atoms with van der Waals surface area (Å²) >= 11 is 0. The van der Waals surface area contributed by atoms with Crippen LogP contribution in [-0.2, 0) is 27.2 Å². The van der Waals surface area contributed by atoms with E-state index in [0.29, 0.717) is 19.3 Å². The molecule has 0 aromatic heterocycles. The van der Waals surface area contributed by atoms with E-state index in [9.17, 15) is 19.2 Å². The van der Waals surface area contributed by atoms with Gasteiger partial charge in [-0.15, -0.1) is 0 Å². The zero-order chi connectivity index (χ0) is 25.8. The van der Waals surface area contributed by atoms with E-state index < -0.39 is 29.7 Å². The Hall–Kier alpha value is -3.72. The van der Waals surface area contributed by atoms with Gasteiger partial charge in [-0.25, -0.2) is 10.3 Å². The molecule has 2 aromatic carbocycles. The lowest BCUT2D eigenvalue weighted by Crippen LogP contribution is -2.51. The number of hydrogen-bond donors (Lipinski definition) is 5. The smallest absolute Gasteiger partial charge is 0.335 e. The van der Waals surface area contributed by atoms with Gasteiger partial charge in [0.1, 0.15) is 12.0 Å². The van der Waals surface area contributed by atoms with Crippen LogP contribution in [0, 0.1) is 11.8 Å². The summed E-state index contributed by atoms with van der Waals surface area (Å²) in [6.45, 7) is 4.00. The van der Waals surface area contributed by atoms with E-state index in [1.807, 2.05) is 44.2 Å². The molecule has 0 saturated carbocycles. The van der Waals surface area contributed by atoms with Gasteiger partial charge in [-0.2, -0.15) is 0 Å². The molecule has 2 aromatic rings. The second-order valence-corrected chi connectivity index (χ2v) is 8.79. The fraction of sp³-hybridized carbons (Fsp3) is 0.385. The van der Waals surface area contributed by atoms with Crippen LogP contribution in [-0.4, -0.2) is 46.6 Å². The number of nitrogens with one attached hydrogen (secondary N) is 3. The van der Waals surface area contributed by atoms with Crippen molar-refractivity contribution < 1.29 is 29.5 Å². The minimum absolute atomic E-state index is 0.0205. The molecule has 0 aliphatic rings. The lowest BCUT2D eigenvalue weighted by atomic mass is 9.95. The molecule has 188 valence electrons. The first kappa shape index (κ1) is 27.5. The van der Waals surface area contributed by atoms with Gasteiger partial charge in [0.25, 0.3) is 5.91 Å². The highest BCUT2D eigenvalue weighted by Crippen LogP contribution is 2.14. The van der Waals surface area contributed by atoms with E-state index in [1.54, 1.807) is 12.1 Å². The summed E-state index contributed by atoms with van der Waals surface area (Å²) in [7, 11) is 0. The van der Waals surface area contributed by atoms with E-state index in [0.717, 1.165) is 11.1 Å². The third-order valence-electron chi connectivity index (χ3n) is 5.56. The fourth-order valence-corrected chi connectivity index (χ4v) is 3.65. The molecular weight excluding hydrogens is 450 g/mol. The Labute approximate surface area is 204 Å². The van der Waals surface area contributed by atoms with E-state index >= 15 is 0 Å². The summed E-state index contributed by atoms with van der Waals surface area (Å²) in [5, 5.41) is 23.5. The topological polar surface area (TPSA) is 145 Å². The summed E-state index contributed by atoms with van der Waals surface area (Å²) in [6, 6.07) is 15.0. The largest absolute Gasteiger partial charge is 0.478 e. The Morgan fingerprint density at radius 1 is 0.829 bits per heavy atom. The number of carbonyl (C=O) groups is 4. The van der Waals surface area contributed by atoms with E-state index in [1.165, 1.54) is 17.6 Å². The van der Waals surface area contributed by atoms with Crippen molar-refractivity contribution >= 4 is 23.7 Å². The van der Waals surface area contributed by atoms with E-state index in [2.05, 4.69) is 10.6 Å². The van der Waals surface area contributed by atoms with Gasteiger partial charge in [-0.1, -0.05) is 56.3 Å². The van der Waals surface area contributed by atoms with Gasteiger partial charge in [0, 0.05) is 6.54 Å². The van der Waals surface area contributed by atoms with E-state index in [-0.39, 0.29) is 30.4 Å². The molecule has 0 aliphatic carbocycles. The van der Waals surface area contributed by atoms with Crippen molar-refractivity contribution in [3.05, 3.63) is 71.3 Å². The van der Waals surface area contributed by atoms with Crippen LogP contribution < -0.4 is 16.1 Å².